The highest BCUT2D eigenvalue weighted by Crippen LogP contribution is 2.24. The van der Waals surface area contributed by atoms with Gasteiger partial charge in [0.2, 0.25) is 10.0 Å². The van der Waals surface area contributed by atoms with Crippen molar-refractivity contribution in [3.63, 3.8) is 0 Å². The molecule has 1 aliphatic rings. The fourth-order valence-corrected chi connectivity index (χ4v) is 4.20. The van der Waals surface area contributed by atoms with Crippen molar-refractivity contribution in [3.05, 3.63) is 64.7 Å². The van der Waals surface area contributed by atoms with Gasteiger partial charge in [-0.25, -0.2) is 13.2 Å². The first kappa shape index (κ1) is 21.0. The Balaban J connectivity index is 1.52. The van der Waals surface area contributed by atoms with Gasteiger partial charge in [-0.05, 0) is 66.6 Å². The third-order valence-corrected chi connectivity index (χ3v) is 6.21. The molecule has 0 saturated carbocycles. The molecule has 29 heavy (non-hydrogen) atoms. The maximum absolute atomic E-state index is 12.5. The average molecular weight is 417 g/mol. The van der Waals surface area contributed by atoms with E-state index in [4.69, 9.17) is 4.74 Å². The zero-order chi connectivity index (χ0) is 20.9. The van der Waals surface area contributed by atoms with E-state index in [1.807, 2.05) is 6.07 Å². The number of carbonyl (C=O) groups is 2. The maximum atomic E-state index is 12.5. The highest BCUT2D eigenvalue weighted by molar-refractivity contribution is 7.89. The van der Waals surface area contributed by atoms with Crippen LogP contribution in [0.2, 0.25) is 0 Å². The van der Waals surface area contributed by atoms with E-state index in [2.05, 4.69) is 9.46 Å². The number of esters is 2. The largest absolute Gasteiger partial charge is 0.465 e. The molecule has 7 nitrogen and oxygen atoms in total. The summed E-state index contributed by atoms with van der Waals surface area (Å²) in [6.45, 7) is -0.486. The van der Waals surface area contributed by atoms with Crippen LogP contribution in [0.25, 0.3) is 0 Å². The van der Waals surface area contributed by atoms with Crippen LogP contribution in [0.4, 0.5) is 0 Å². The molecule has 0 amide bonds. The van der Waals surface area contributed by atoms with Gasteiger partial charge in [-0.3, -0.25) is 4.79 Å². The lowest BCUT2D eigenvalue weighted by molar-refractivity contribution is -0.143. The molecule has 0 atom stereocenters. The number of fused-ring (bicyclic) bond motifs is 1. The van der Waals surface area contributed by atoms with Crippen LogP contribution in [-0.2, 0) is 43.7 Å². The Kier molecular flexibility index (Phi) is 6.66. The second kappa shape index (κ2) is 9.19. The molecular formula is C21H23NO6S. The van der Waals surface area contributed by atoms with Gasteiger partial charge in [0.25, 0.3) is 0 Å². The summed E-state index contributed by atoms with van der Waals surface area (Å²) in [6.07, 6.45) is 4.01. The minimum atomic E-state index is -3.79. The summed E-state index contributed by atoms with van der Waals surface area (Å²) in [5.41, 5.74) is 3.30. The number of carbonyl (C=O) groups excluding carboxylic acids is 2. The maximum Gasteiger partial charge on any atom is 0.337 e. The summed E-state index contributed by atoms with van der Waals surface area (Å²) in [5, 5.41) is 0. The van der Waals surface area contributed by atoms with Crippen LogP contribution < -0.4 is 4.72 Å². The molecule has 1 aliphatic carbocycles. The van der Waals surface area contributed by atoms with Gasteiger partial charge in [-0.15, -0.1) is 0 Å². The summed E-state index contributed by atoms with van der Waals surface area (Å²) >= 11 is 0. The average Bonchev–Trinajstić information content (AvgIpc) is 2.75. The second-order valence-electron chi connectivity index (χ2n) is 6.81. The van der Waals surface area contributed by atoms with Crippen LogP contribution >= 0.6 is 0 Å². The first-order valence-corrected chi connectivity index (χ1v) is 10.8. The van der Waals surface area contributed by atoms with E-state index >= 15 is 0 Å². The smallest absolute Gasteiger partial charge is 0.337 e. The summed E-state index contributed by atoms with van der Waals surface area (Å²) in [7, 11) is -2.50. The van der Waals surface area contributed by atoms with Crippen LogP contribution in [0.5, 0.6) is 0 Å². The molecule has 0 unspecified atom stereocenters. The van der Waals surface area contributed by atoms with Gasteiger partial charge in [0.05, 0.1) is 17.6 Å². The van der Waals surface area contributed by atoms with Crippen LogP contribution in [0.3, 0.4) is 0 Å². The highest BCUT2D eigenvalue weighted by Gasteiger charge is 2.19. The van der Waals surface area contributed by atoms with Crippen LogP contribution in [0.15, 0.2) is 47.4 Å². The molecule has 154 valence electrons. The Morgan fingerprint density at radius 2 is 1.69 bits per heavy atom. The van der Waals surface area contributed by atoms with Gasteiger partial charge in [-0.2, -0.15) is 4.72 Å². The normalized spacial score (nSPS) is 13.4. The van der Waals surface area contributed by atoms with Crippen molar-refractivity contribution in [3.8, 4) is 0 Å². The number of sulfonamides is 1. The number of methoxy groups -OCH3 is 1. The van der Waals surface area contributed by atoms with Crippen LogP contribution in [-0.4, -0.2) is 34.0 Å². The predicted molar refractivity (Wildman–Crippen MR) is 106 cm³/mol. The molecule has 0 heterocycles. The fourth-order valence-electron chi connectivity index (χ4n) is 3.18. The number of aryl methyl sites for hydroxylation is 2. The van der Waals surface area contributed by atoms with Crippen molar-refractivity contribution in [1.82, 2.24) is 4.72 Å². The van der Waals surface area contributed by atoms with Gasteiger partial charge in [0.15, 0.2) is 0 Å². The van der Waals surface area contributed by atoms with Crippen molar-refractivity contribution in [1.29, 1.82) is 0 Å². The molecule has 3 rings (SSSR count). The standard InChI is InChI=1S/C21H23NO6S/c1-27-21(24)17-8-6-15(7-9-17)14-28-20(23)13-22-29(25,26)19-11-10-16-4-2-3-5-18(16)12-19/h6-12,22H,2-5,13-14H2,1H3. The number of ether oxygens (including phenoxy) is 2. The summed E-state index contributed by atoms with van der Waals surface area (Å²) < 4.78 is 36.9. The van der Waals surface area contributed by atoms with Gasteiger partial charge in [0.1, 0.15) is 13.2 Å². The predicted octanol–water partition coefficient (Wildman–Crippen LogP) is 2.37. The van der Waals surface area contributed by atoms with E-state index in [9.17, 15) is 18.0 Å². The number of nitrogens with one attached hydrogen (secondary N) is 1. The summed E-state index contributed by atoms with van der Waals surface area (Å²) in [4.78, 5) is 23.5. The molecule has 2 aromatic carbocycles. The van der Waals surface area contributed by atoms with Gasteiger partial charge < -0.3 is 9.47 Å². The van der Waals surface area contributed by atoms with E-state index in [-0.39, 0.29) is 11.5 Å². The molecule has 0 aliphatic heterocycles. The second-order valence-corrected chi connectivity index (χ2v) is 8.58. The van der Waals surface area contributed by atoms with Crippen LogP contribution in [0, 0.1) is 0 Å². The molecule has 0 saturated heterocycles. The monoisotopic (exact) mass is 417 g/mol. The minimum absolute atomic E-state index is 0.0269. The van der Waals surface area contributed by atoms with Gasteiger partial charge >= 0.3 is 11.9 Å². The summed E-state index contributed by atoms with van der Waals surface area (Å²) in [6, 6.07) is 11.5. The van der Waals surface area contributed by atoms with E-state index in [1.165, 1.54) is 12.7 Å². The zero-order valence-electron chi connectivity index (χ0n) is 16.1. The van der Waals surface area contributed by atoms with Crippen molar-refractivity contribution >= 4 is 22.0 Å². The molecule has 2 aromatic rings. The molecule has 0 spiro atoms. The van der Waals surface area contributed by atoms with Gasteiger partial charge in [0, 0.05) is 0 Å². The first-order valence-electron chi connectivity index (χ1n) is 9.33. The Morgan fingerprint density at radius 1 is 1.00 bits per heavy atom. The van der Waals surface area contributed by atoms with Crippen LogP contribution in [0.1, 0.15) is 39.9 Å². The van der Waals surface area contributed by atoms with Crippen molar-refractivity contribution in [2.75, 3.05) is 13.7 Å². The third kappa shape index (κ3) is 5.42. The lowest BCUT2D eigenvalue weighted by atomic mass is 9.92. The highest BCUT2D eigenvalue weighted by atomic mass is 32.2. The SMILES string of the molecule is COC(=O)c1ccc(COC(=O)CNS(=O)(=O)c2ccc3c(c2)CCCC3)cc1. The lowest BCUT2D eigenvalue weighted by Crippen LogP contribution is -2.30. The Bertz CT molecular complexity index is 998. The van der Waals surface area contributed by atoms with Crippen molar-refractivity contribution in [2.24, 2.45) is 0 Å². The fraction of sp³-hybridized carbons (Fsp3) is 0.333. The number of rotatable bonds is 7. The van der Waals surface area contributed by atoms with E-state index in [0.717, 1.165) is 31.2 Å². The molecule has 1 N–H and O–H groups in total. The van der Waals surface area contributed by atoms with E-state index in [1.54, 1.807) is 36.4 Å². The first-order chi connectivity index (χ1) is 13.9. The minimum Gasteiger partial charge on any atom is -0.465 e. The van der Waals surface area contributed by atoms with Gasteiger partial charge in [-0.1, -0.05) is 18.2 Å². The Morgan fingerprint density at radius 3 is 2.38 bits per heavy atom. The number of hydrogen-bond acceptors (Lipinski definition) is 6. The number of hydrogen-bond donors (Lipinski definition) is 1. The van der Waals surface area contributed by atoms with Crippen molar-refractivity contribution in [2.45, 2.75) is 37.2 Å². The Labute approximate surface area is 170 Å². The molecule has 8 heteroatoms. The molecule has 0 bridgehead atoms. The zero-order valence-corrected chi connectivity index (χ0v) is 17.0. The molecule has 0 radical (unpaired) electrons. The lowest BCUT2D eigenvalue weighted by Gasteiger charge is -2.16. The number of benzene rings is 2. The van der Waals surface area contributed by atoms with E-state index < -0.39 is 28.5 Å². The molecule has 0 fully saturated rings. The van der Waals surface area contributed by atoms with Crippen molar-refractivity contribution < 1.29 is 27.5 Å². The quantitative estimate of drug-likeness (QED) is 0.695. The molecular weight excluding hydrogens is 394 g/mol. The Hall–Kier alpha value is -2.71. The third-order valence-electron chi connectivity index (χ3n) is 4.81. The summed E-state index contributed by atoms with van der Waals surface area (Å²) in [5.74, 6) is -1.14. The molecule has 0 aromatic heterocycles. The van der Waals surface area contributed by atoms with E-state index in [0.29, 0.717) is 11.1 Å². The topological polar surface area (TPSA) is 98.8 Å².